The third-order valence-corrected chi connectivity index (χ3v) is 3.48. The van der Waals surface area contributed by atoms with Gasteiger partial charge in [-0.2, -0.15) is 0 Å². The molecular weight excluding hydrogens is 278 g/mol. The molecular formula is C13H11N3O3S. The van der Waals surface area contributed by atoms with Crippen molar-refractivity contribution in [1.29, 1.82) is 0 Å². The van der Waals surface area contributed by atoms with Gasteiger partial charge in [0.2, 0.25) is 10.9 Å². The molecule has 3 aromatic rings. The second-order valence-corrected chi connectivity index (χ2v) is 5.13. The Morgan fingerprint density at radius 1 is 1.00 bits per heavy atom. The van der Waals surface area contributed by atoms with Gasteiger partial charge in [0, 0.05) is 33.2 Å². The highest BCUT2D eigenvalue weighted by atomic mass is 32.2. The quantitative estimate of drug-likeness (QED) is 0.323. The maximum absolute atomic E-state index is 12.4. The van der Waals surface area contributed by atoms with E-state index in [1.54, 1.807) is 30.3 Å². The van der Waals surface area contributed by atoms with Crippen molar-refractivity contribution in [2.45, 2.75) is 0 Å². The molecule has 4 N–H and O–H groups in total. The number of nitrogens with one attached hydrogen (secondary N) is 2. The zero-order valence-electron chi connectivity index (χ0n) is 10.2. The Labute approximate surface area is 115 Å². The summed E-state index contributed by atoms with van der Waals surface area (Å²) < 4.78 is 23.6. The van der Waals surface area contributed by atoms with Crippen LogP contribution in [0.4, 0.5) is 11.4 Å². The van der Waals surface area contributed by atoms with Crippen LogP contribution in [0.2, 0.25) is 0 Å². The summed E-state index contributed by atoms with van der Waals surface area (Å²) in [5.74, 6) is 0. The Kier molecular flexibility index (Phi) is 2.83. The third kappa shape index (κ3) is 2.08. The molecule has 7 heteroatoms. The van der Waals surface area contributed by atoms with E-state index in [0.717, 1.165) is 0 Å². The molecule has 0 aliphatic rings. The minimum atomic E-state index is -2.76. The molecule has 0 atom stereocenters. The number of nitrogen functional groups attached to an aromatic ring is 1. The standard InChI is InChI=1S/C13H11N3O3S/c14-7-1-3-11-9(5-7)13(17)10-6-8(16-20(18)19)2-4-12(10)15-11/h1-6,20H,14H2,(H,15,17)(H,16,18,19). The first-order chi connectivity index (χ1) is 9.54. The second kappa shape index (κ2) is 4.53. The number of hydrogen-bond donors (Lipinski definition) is 4. The number of pyridine rings is 1. The molecule has 0 aliphatic carbocycles. The van der Waals surface area contributed by atoms with Gasteiger partial charge in [-0.05, 0) is 36.4 Å². The van der Waals surface area contributed by atoms with E-state index in [9.17, 15) is 13.2 Å². The lowest BCUT2D eigenvalue weighted by molar-refractivity contribution is 0.619. The van der Waals surface area contributed by atoms with Crippen LogP contribution in [0.1, 0.15) is 0 Å². The lowest BCUT2D eigenvalue weighted by atomic mass is 10.1. The molecule has 0 aliphatic heterocycles. The number of fused-ring (bicyclic) bond motifs is 2. The minimum Gasteiger partial charge on any atom is -0.399 e. The van der Waals surface area contributed by atoms with Gasteiger partial charge < -0.3 is 10.7 Å². The number of hydrogen-bond acceptors (Lipinski definition) is 4. The Balaban J connectivity index is 2.36. The van der Waals surface area contributed by atoms with Crippen molar-refractivity contribution in [3.05, 3.63) is 46.6 Å². The van der Waals surface area contributed by atoms with E-state index in [4.69, 9.17) is 5.73 Å². The normalized spacial score (nSPS) is 11.2. The fourth-order valence-electron chi connectivity index (χ4n) is 2.16. The number of aromatic amines is 1. The molecule has 0 amide bonds. The minimum absolute atomic E-state index is 0.189. The number of benzene rings is 2. The van der Waals surface area contributed by atoms with E-state index >= 15 is 0 Å². The summed E-state index contributed by atoms with van der Waals surface area (Å²) in [5.41, 5.74) is 7.67. The first-order valence-corrected chi connectivity index (χ1v) is 6.99. The summed E-state index contributed by atoms with van der Waals surface area (Å²) in [7, 11) is -2.76. The highest BCUT2D eigenvalue weighted by molar-refractivity contribution is 7.73. The Morgan fingerprint density at radius 3 is 2.35 bits per heavy atom. The zero-order valence-corrected chi connectivity index (χ0v) is 11.1. The summed E-state index contributed by atoms with van der Waals surface area (Å²) >= 11 is 0. The zero-order chi connectivity index (χ0) is 14.3. The molecule has 0 radical (unpaired) electrons. The van der Waals surface area contributed by atoms with Crippen LogP contribution in [0.15, 0.2) is 41.2 Å². The van der Waals surface area contributed by atoms with Crippen LogP contribution < -0.4 is 15.9 Å². The molecule has 3 rings (SSSR count). The smallest absolute Gasteiger partial charge is 0.222 e. The van der Waals surface area contributed by atoms with Crippen molar-refractivity contribution in [1.82, 2.24) is 4.98 Å². The van der Waals surface area contributed by atoms with Gasteiger partial charge in [-0.1, -0.05) is 0 Å². The van der Waals surface area contributed by atoms with Crippen LogP contribution in [0, 0.1) is 0 Å². The lowest BCUT2D eigenvalue weighted by Crippen LogP contribution is -2.05. The van der Waals surface area contributed by atoms with Gasteiger partial charge in [0.15, 0.2) is 5.43 Å². The van der Waals surface area contributed by atoms with E-state index < -0.39 is 10.9 Å². The molecule has 20 heavy (non-hydrogen) atoms. The van der Waals surface area contributed by atoms with Crippen LogP contribution >= 0.6 is 0 Å². The number of anilines is 2. The molecule has 0 fully saturated rings. The summed E-state index contributed by atoms with van der Waals surface area (Å²) in [5, 5.41) is 0.881. The average Bonchev–Trinajstić information content (AvgIpc) is 2.40. The first kappa shape index (κ1) is 12.5. The molecule has 0 saturated heterocycles. The van der Waals surface area contributed by atoms with Crippen LogP contribution in [0.3, 0.4) is 0 Å². The van der Waals surface area contributed by atoms with Gasteiger partial charge in [-0.3, -0.25) is 9.52 Å². The van der Waals surface area contributed by atoms with E-state index in [0.29, 0.717) is 33.2 Å². The van der Waals surface area contributed by atoms with E-state index in [1.807, 2.05) is 0 Å². The monoisotopic (exact) mass is 289 g/mol. The van der Waals surface area contributed by atoms with Crippen molar-refractivity contribution >= 4 is 44.1 Å². The average molecular weight is 289 g/mol. The van der Waals surface area contributed by atoms with E-state index in [-0.39, 0.29) is 5.43 Å². The topological polar surface area (TPSA) is 105 Å². The van der Waals surface area contributed by atoms with E-state index in [1.165, 1.54) is 6.07 Å². The van der Waals surface area contributed by atoms with Crippen molar-refractivity contribution < 1.29 is 8.42 Å². The summed E-state index contributed by atoms with van der Waals surface area (Å²) in [4.78, 5) is 15.5. The van der Waals surface area contributed by atoms with Crippen LogP contribution in [0.5, 0.6) is 0 Å². The van der Waals surface area contributed by atoms with E-state index in [2.05, 4.69) is 9.71 Å². The van der Waals surface area contributed by atoms with Gasteiger partial charge in [-0.25, -0.2) is 8.42 Å². The number of aromatic nitrogens is 1. The Morgan fingerprint density at radius 2 is 1.65 bits per heavy atom. The fourth-order valence-corrected chi connectivity index (χ4v) is 2.51. The first-order valence-electron chi connectivity index (χ1n) is 5.81. The molecule has 0 saturated carbocycles. The SMILES string of the molecule is Nc1ccc2[nH]c3ccc(N[SH](=O)=O)cc3c(=O)c2c1. The van der Waals surface area contributed by atoms with Gasteiger partial charge >= 0.3 is 0 Å². The number of thiol groups is 1. The predicted molar refractivity (Wildman–Crippen MR) is 80.4 cm³/mol. The fraction of sp³-hybridized carbons (Fsp3) is 0. The molecule has 2 aromatic carbocycles. The molecule has 0 bridgehead atoms. The maximum atomic E-state index is 12.4. The highest BCUT2D eigenvalue weighted by Gasteiger charge is 2.06. The van der Waals surface area contributed by atoms with Crippen LogP contribution in [0.25, 0.3) is 21.8 Å². The summed E-state index contributed by atoms with van der Waals surface area (Å²) in [6.45, 7) is 0. The summed E-state index contributed by atoms with van der Waals surface area (Å²) in [6.07, 6.45) is 0. The second-order valence-electron chi connectivity index (χ2n) is 4.39. The molecule has 0 spiro atoms. The molecule has 0 unspecified atom stereocenters. The van der Waals surface area contributed by atoms with Crippen molar-refractivity contribution in [2.24, 2.45) is 0 Å². The highest BCUT2D eigenvalue weighted by Crippen LogP contribution is 2.19. The Bertz CT molecular complexity index is 952. The molecule has 6 nitrogen and oxygen atoms in total. The summed E-state index contributed by atoms with van der Waals surface area (Å²) in [6, 6.07) is 9.80. The van der Waals surface area contributed by atoms with Crippen molar-refractivity contribution in [3.8, 4) is 0 Å². The Hall–Kier alpha value is -2.54. The number of H-pyrrole nitrogens is 1. The van der Waals surface area contributed by atoms with Crippen molar-refractivity contribution in [2.75, 3.05) is 10.5 Å². The largest absolute Gasteiger partial charge is 0.399 e. The maximum Gasteiger partial charge on any atom is 0.222 e. The predicted octanol–water partition coefficient (Wildman–Crippen LogP) is 1.20. The van der Waals surface area contributed by atoms with Crippen LogP contribution in [-0.4, -0.2) is 13.4 Å². The van der Waals surface area contributed by atoms with Crippen molar-refractivity contribution in [3.63, 3.8) is 0 Å². The van der Waals surface area contributed by atoms with Gasteiger partial charge in [-0.15, -0.1) is 0 Å². The lowest BCUT2D eigenvalue weighted by Gasteiger charge is -2.05. The van der Waals surface area contributed by atoms with Gasteiger partial charge in [0.25, 0.3) is 0 Å². The van der Waals surface area contributed by atoms with Crippen LogP contribution in [-0.2, 0) is 10.9 Å². The number of nitrogens with two attached hydrogens (primary N) is 1. The van der Waals surface area contributed by atoms with Gasteiger partial charge in [0.1, 0.15) is 0 Å². The molecule has 102 valence electrons. The molecule has 1 aromatic heterocycles. The third-order valence-electron chi connectivity index (χ3n) is 3.04. The number of rotatable bonds is 2. The van der Waals surface area contributed by atoms with Gasteiger partial charge in [0.05, 0.1) is 0 Å². The molecule has 1 heterocycles.